The first-order chi connectivity index (χ1) is 5.79. The standard InChI is InChI=1S/C8H9N3O/c1-6-9-8-3-2-7(5-12)4-11(8)10-6/h2-4,12H,5H2,1H3. The largest absolute Gasteiger partial charge is 0.392 e. The van der Waals surface area contributed by atoms with Gasteiger partial charge in [0.25, 0.3) is 0 Å². The first-order valence-corrected chi connectivity index (χ1v) is 3.72. The van der Waals surface area contributed by atoms with Gasteiger partial charge in [0.05, 0.1) is 6.61 Å². The Morgan fingerprint density at radius 1 is 1.50 bits per heavy atom. The molecule has 0 saturated heterocycles. The predicted molar refractivity (Wildman–Crippen MR) is 43.6 cm³/mol. The van der Waals surface area contributed by atoms with Crippen molar-refractivity contribution in [2.75, 3.05) is 0 Å². The average molecular weight is 163 g/mol. The van der Waals surface area contributed by atoms with Crippen LogP contribution in [-0.4, -0.2) is 19.7 Å². The van der Waals surface area contributed by atoms with Gasteiger partial charge in [-0.05, 0) is 18.6 Å². The molecule has 0 bridgehead atoms. The van der Waals surface area contributed by atoms with E-state index >= 15 is 0 Å². The molecule has 2 rings (SSSR count). The highest BCUT2D eigenvalue weighted by molar-refractivity contribution is 5.38. The molecule has 1 N–H and O–H groups in total. The van der Waals surface area contributed by atoms with E-state index in [0.29, 0.717) is 0 Å². The molecule has 62 valence electrons. The predicted octanol–water partition coefficient (Wildman–Crippen LogP) is 0.530. The lowest BCUT2D eigenvalue weighted by Crippen LogP contribution is -1.91. The van der Waals surface area contributed by atoms with Crippen LogP contribution < -0.4 is 0 Å². The minimum Gasteiger partial charge on any atom is -0.392 e. The Balaban J connectivity index is 2.66. The Bertz CT molecular complexity index is 408. The van der Waals surface area contributed by atoms with Gasteiger partial charge in [0.15, 0.2) is 5.65 Å². The highest BCUT2D eigenvalue weighted by atomic mass is 16.3. The summed E-state index contributed by atoms with van der Waals surface area (Å²) in [5, 5.41) is 13.0. The van der Waals surface area contributed by atoms with Gasteiger partial charge in [-0.15, -0.1) is 0 Å². The molecule has 0 amide bonds. The summed E-state index contributed by atoms with van der Waals surface area (Å²) >= 11 is 0. The Morgan fingerprint density at radius 2 is 2.33 bits per heavy atom. The highest BCUT2D eigenvalue weighted by Gasteiger charge is 1.98. The highest BCUT2D eigenvalue weighted by Crippen LogP contribution is 2.03. The third-order valence-electron chi connectivity index (χ3n) is 1.68. The van der Waals surface area contributed by atoms with Gasteiger partial charge in [-0.1, -0.05) is 6.07 Å². The van der Waals surface area contributed by atoms with E-state index in [-0.39, 0.29) is 6.61 Å². The van der Waals surface area contributed by atoms with Crippen LogP contribution in [0.2, 0.25) is 0 Å². The lowest BCUT2D eigenvalue weighted by Gasteiger charge is -1.94. The van der Waals surface area contributed by atoms with Crippen LogP contribution in [-0.2, 0) is 6.61 Å². The maximum absolute atomic E-state index is 8.84. The lowest BCUT2D eigenvalue weighted by atomic mass is 10.3. The third-order valence-corrected chi connectivity index (χ3v) is 1.68. The number of pyridine rings is 1. The summed E-state index contributed by atoms with van der Waals surface area (Å²) in [6.45, 7) is 1.88. The number of aliphatic hydroxyl groups excluding tert-OH is 1. The molecule has 0 radical (unpaired) electrons. The Morgan fingerprint density at radius 3 is 3.08 bits per heavy atom. The Labute approximate surface area is 69.5 Å². The van der Waals surface area contributed by atoms with E-state index in [1.807, 2.05) is 19.1 Å². The fourth-order valence-electron chi connectivity index (χ4n) is 1.13. The average Bonchev–Trinajstić information content (AvgIpc) is 2.43. The van der Waals surface area contributed by atoms with Crippen molar-refractivity contribution >= 4 is 5.65 Å². The van der Waals surface area contributed by atoms with Crippen molar-refractivity contribution in [2.45, 2.75) is 13.5 Å². The minimum atomic E-state index is 0.0366. The van der Waals surface area contributed by atoms with Crippen molar-refractivity contribution in [3.8, 4) is 0 Å². The molecule has 2 aromatic rings. The number of rotatable bonds is 1. The van der Waals surface area contributed by atoms with E-state index < -0.39 is 0 Å². The molecule has 0 atom stereocenters. The summed E-state index contributed by atoms with van der Waals surface area (Å²) in [6, 6.07) is 3.68. The molecule has 0 aromatic carbocycles. The number of aliphatic hydroxyl groups is 1. The molecule has 2 aromatic heterocycles. The van der Waals surface area contributed by atoms with Gasteiger partial charge in [0.1, 0.15) is 5.82 Å². The molecular weight excluding hydrogens is 154 g/mol. The molecule has 2 heterocycles. The molecule has 0 aliphatic rings. The zero-order chi connectivity index (χ0) is 8.55. The second-order valence-electron chi connectivity index (χ2n) is 2.66. The first-order valence-electron chi connectivity index (χ1n) is 3.72. The van der Waals surface area contributed by atoms with E-state index in [9.17, 15) is 0 Å². The summed E-state index contributed by atoms with van der Waals surface area (Å²) in [6.07, 6.45) is 1.77. The van der Waals surface area contributed by atoms with Crippen molar-refractivity contribution in [3.05, 3.63) is 29.7 Å². The van der Waals surface area contributed by atoms with Gasteiger partial charge < -0.3 is 5.11 Å². The SMILES string of the molecule is Cc1nc2ccc(CO)cn2n1. The monoisotopic (exact) mass is 163 g/mol. The lowest BCUT2D eigenvalue weighted by molar-refractivity contribution is 0.281. The topological polar surface area (TPSA) is 50.4 Å². The maximum atomic E-state index is 8.84. The molecule has 4 nitrogen and oxygen atoms in total. The van der Waals surface area contributed by atoms with Crippen LogP contribution in [0, 0.1) is 6.92 Å². The fraction of sp³-hybridized carbons (Fsp3) is 0.250. The maximum Gasteiger partial charge on any atom is 0.155 e. The number of aromatic nitrogens is 3. The smallest absolute Gasteiger partial charge is 0.155 e. The molecule has 4 heteroatoms. The molecule has 0 aliphatic heterocycles. The van der Waals surface area contributed by atoms with Crippen LogP contribution in [0.15, 0.2) is 18.3 Å². The van der Waals surface area contributed by atoms with Gasteiger partial charge in [-0.3, -0.25) is 0 Å². The van der Waals surface area contributed by atoms with Gasteiger partial charge in [-0.2, -0.15) is 5.10 Å². The van der Waals surface area contributed by atoms with Crippen LogP contribution in [0.4, 0.5) is 0 Å². The molecule has 0 aliphatic carbocycles. The number of aryl methyl sites for hydroxylation is 1. The van der Waals surface area contributed by atoms with Crippen LogP contribution >= 0.6 is 0 Å². The van der Waals surface area contributed by atoms with Crippen molar-refractivity contribution in [2.24, 2.45) is 0 Å². The number of hydrogen-bond donors (Lipinski definition) is 1. The molecule has 0 saturated carbocycles. The molecule has 0 fully saturated rings. The quantitative estimate of drug-likeness (QED) is 0.667. The molecular formula is C8H9N3O. The van der Waals surface area contributed by atoms with Crippen LogP contribution in [0.1, 0.15) is 11.4 Å². The molecule has 12 heavy (non-hydrogen) atoms. The second-order valence-corrected chi connectivity index (χ2v) is 2.66. The van der Waals surface area contributed by atoms with Crippen LogP contribution in [0.5, 0.6) is 0 Å². The number of fused-ring (bicyclic) bond motifs is 1. The second kappa shape index (κ2) is 2.57. The summed E-state index contributed by atoms with van der Waals surface area (Å²) in [5.41, 5.74) is 1.65. The fourth-order valence-corrected chi connectivity index (χ4v) is 1.13. The molecule has 0 unspecified atom stereocenters. The van der Waals surface area contributed by atoms with Gasteiger partial charge in [0, 0.05) is 6.20 Å². The van der Waals surface area contributed by atoms with Gasteiger partial charge >= 0.3 is 0 Å². The molecule has 0 spiro atoms. The third kappa shape index (κ3) is 1.06. The number of nitrogens with zero attached hydrogens (tertiary/aromatic N) is 3. The van der Waals surface area contributed by atoms with Crippen molar-refractivity contribution in [1.29, 1.82) is 0 Å². The first kappa shape index (κ1) is 7.24. The summed E-state index contributed by atoms with van der Waals surface area (Å²) < 4.78 is 1.67. The summed E-state index contributed by atoms with van der Waals surface area (Å²) in [4.78, 5) is 4.16. The van der Waals surface area contributed by atoms with E-state index in [4.69, 9.17) is 5.11 Å². The number of hydrogen-bond acceptors (Lipinski definition) is 3. The van der Waals surface area contributed by atoms with Gasteiger partial charge in [0.2, 0.25) is 0 Å². The van der Waals surface area contributed by atoms with Crippen LogP contribution in [0.25, 0.3) is 5.65 Å². The van der Waals surface area contributed by atoms with Crippen LogP contribution in [0.3, 0.4) is 0 Å². The van der Waals surface area contributed by atoms with Crippen molar-refractivity contribution in [3.63, 3.8) is 0 Å². The van der Waals surface area contributed by atoms with Crippen molar-refractivity contribution in [1.82, 2.24) is 14.6 Å². The van der Waals surface area contributed by atoms with Crippen molar-refractivity contribution < 1.29 is 5.11 Å². The summed E-state index contributed by atoms with van der Waals surface area (Å²) in [5.74, 6) is 0.741. The van der Waals surface area contributed by atoms with E-state index in [1.165, 1.54) is 0 Å². The van der Waals surface area contributed by atoms with Gasteiger partial charge in [-0.25, -0.2) is 9.50 Å². The zero-order valence-corrected chi connectivity index (χ0v) is 6.73. The normalized spacial score (nSPS) is 10.8. The van der Waals surface area contributed by atoms with E-state index in [2.05, 4.69) is 10.1 Å². The zero-order valence-electron chi connectivity index (χ0n) is 6.73. The summed E-state index contributed by atoms with van der Waals surface area (Å²) in [7, 11) is 0. The minimum absolute atomic E-state index is 0.0366. The Kier molecular flexibility index (Phi) is 1.55. The Hall–Kier alpha value is -1.42. The van der Waals surface area contributed by atoms with E-state index in [0.717, 1.165) is 17.0 Å². The van der Waals surface area contributed by atoms with E-state index in [1.54, 1.807) is 10.7 Å².